The fourth-order valence-electron chi connectivity index (χ4n) is 1.39. The predicted molar refractivity (Wildman–Crippen MR) is 65.5 cm³/mol. The Morgan fingerprint density at radius 3 is 2.88 bits per heavy atom. The van der Waals surface area contributed by atoms with Crippen molar-refractivity contribution in [3.63, 3.8) is 0 Å². The van der Waals surface area contributed by atoms with Gasteiger partial charge in [0.15, 0.2) is 0 Å². The minimum Gasteiger partial charge on any atom is -0.466 e. The standard InChI is InChI=1S/C13H15ClO2/c1-10(13(15)16-2)5-3-6-11-7-4-8-12(14)9-11/h4-5,7-9H,3,6H2,1-2H3/b10-5-. The van der Waals surface area contributed by atoms with Gasteiger partial charge in [-0.2, -0.15) is 0 Å². The second kappa shape index (κ2) is 6.33. The number of carbonyl (C=O) groups excluding carboxylic acids is 1. The van der Waals surface area contributed by atoms with Crippen LogP contribution in [0.4, 0.5) is 0 Å². The van der Waals surface area contributed by atoms with Crippen LogP contribution in [0.15, 0.2) is 35.9 Å². The second-order valence-corrected chi connectivity index (χ2v) is 3.98. The summed E-state index contributed by atoms with van der Waals surface area (Å²) in [5.41, 5.74) is 1.81. The average Bonchev–Trinajstić information content (AvgIpc) is 2.28. The zero-order chi connectivity index (χ0) is 12.0. The van der Waals surface area contributed by atoms with Gasteiger partial charge in [0.05, 0.1) is 7.11 Å². The number of ether oxygens (including phenoxy) is 1. The van der Waals surface area contributed by atoms with E-state index >= 15 is 0 Å². The quantitative estimate of drug-likeness (QED) is 0.594. The van der Waals surface area contributed by atoms with Crippen molar-refractivity contribution < 1.29 is 9.53 Å². The van der Waals surface area contributed by atoms with Crippen LogP contribution < -0.4 is 0 Å². The molecule has 0 amide bonds. The molecule has 1 aromatic carbocycles. The van der Waals surface area contributed by atoms with Gasteiger partial charge < -0.3 is 4.74 Å². The summed E-state index contributed by atoms with van der Waals surface area (Å²) in [5.74, 6) is -0.272. The van der Waals surface area contributed by atoms with Crippen LogP contribution in [0.1, 0.15) is 18.9 Å². The number of methoxy groups -OCH3 is 1. The highest BCUT2D eigenvalue weighted by Gasteiger charge is 2.01. The normalized spacial score (nSPS) is 11.3. The van der Waals surface area contributed by atoms with Crippen LogP contribution in [0, 0.1) is 0 Å². The van der Waals surface area contributed by atoms with E-state index in [2.05, 4.69) is 4.74 Å². The van der Waals surface area contributed by atoms with Gasteiger partial charge in [-0.1, -0.05) is 29.8 Å². The molecule has 86 valence electrons. The van der Waals surface area contributed by atoms with Gasteiger partial charge in [-0.15, -0.1) is 0 Å². The van der Waals surface area contributed by atoms with E-state index in [1.54, 1.807) is 6.92 Å². The molecule has 3 heteroatoms. The first-order chi connectivity index (χ1) is 7.63. The molecule has 0 aromatic heterocycles. The van der Waals surface area contributed by atoms with Gasteiger partial charge in [0, 0.05) is 10.6 Å². The van der Waals surface area contributed by atoms with Crippen molar-refractivity contribution in [3.05, 3.63) is 46.5 Å². The minimum absolute atomic E-state index is 0.272. The highest BCUT2D eigenvalue weighted by atomic mass is 35.5. The largest absolute Gasteiger partial charge is 0.466 e. The van der Waals surface area contributed by atoms with E-state index < -0.39 is 0 Å². The van der Waals surface area contributed by atoms with Crippen LogP contribution in [0.2, 0.25) is 5.02 Å². The van der Waals surface area contributed by atoms with Crippen LogP contribution >= 0.6 is 11.6 Å². The monoisotopic (exact) mass is 238 g/mol. The Labute approximate surface area is 101 Å². The second-order valence-electron chi connectivity index (χ2n) is 3.55. The van der Waals surface area contributed by atoms with E-state index in [9.17, 15) is 4.79 Å². The van der Waals surface area contributed by atoms with Crippen LogP contribution in [0.25, 0.3) is 0 Å². The van der Waals surface area contributed by atoms with E-state index in [1.165, 1.54) is 12.7 Å². The number of rotatable bonds is 4. The third-order valence-electron chi connectivity index (χ3n) is 2.28. The Balaban J connectivity index is 2.50. The number of allylic oxidation sites excluding steroid dienone is 1. The number of esters is 1. The van der Waals surface area contributed by atoms with Crippen molar-refractivity contribution in [1.82, 2.24) is 0 Å². The number of hydrogen-bond acceptors (Lipinski definition) is 2. The molecule has 0 N–H and O–H groups in total. The maximum atomic E-state index is 11.1. The maximum absolute atomic E-state index is 11.1. The zero-order valence-corrected chi connectivity index (χ0v) is 10.3. The zero-order valence-electron chi connectivity index (χ0n) is 9.50. The van der Waals surface area contributed by atoms with Crippen molar-refractivity contribution in [1.29, 1.82) is 0 Å². The Morgan fingerprint density at radius 1 is 1.50 bits per heavy atom. The molecule has 0 fully saturated rings. The fraction of sp³-hybridized carbons (Fsp3) is 0.308. The van der Waals surface area contributed by atoms with Crippen LogP contribution in [-0.4, -0.2) is 13.1 Å². The van der Waals surface area contributed by atoms with Crippen LogP contribution in [0.3, 0.4) is 0 Å². The summed E-state index contributed by atoms with van der Waals surface area (Å²) in [6.45, 7) is 1.75. The summed E-state index contributed by atoms with van der Waals surface area (Å²) in [4.78, 5) is 11.1. The van der Waals surface area contributed by atoms with Gasteiger partial charge in [0.1, 0.15) is 0 Å². The third-order valence-corrected chi connectivity index (χ3v) is 2.52. The summed E-state index contributed by atoms with van der Waals surface area (Å²) in [5, 5.41) is 0.742. The van der Waals surface area contributed by atoms with Gasteiger partial charge in [0.25, 0.3) is 0 Å². The summed E-state index contributed by atoms with van der Waals surface area (Å²) in [6, 6.07) is 7.73. The molecule has 0 spiro atoms. The van der Waals surface area contributed by atoms with Crippen molar-refractivity contribution in [2.45, 2.75) is 19.8 Å². The molecule has 2 nitrogen and oxygen atoms in total. The Bertz CT molecular complexity index is 397. The fourth-order valence-corrected chi connectivity index (χ4v) is 1.61. The molecule has 0 bridgehead atoms. The van der Waals surface area contributed by atoms with Gasteiger partial charge >= 0.3 is 5.97 Å². The molecule has 0 aliphatic carbocycles. The molecule has 0 radical (unpaired) electrons. The lowest BCUT2D eigenvalue weighted by molar-refractivity contribution is -0.136. The minimum atomic E-state index is -0.272. The summed E-state index contributed by atoms with van der Waals surface area (Å²) >= 11 is 5.87. The van der Waals surface area contributed by atoms with Gasteiger partial charge in [-0.05, 0) is 37.5 Å². The molecular formula is C13H15ClO2. The molecule has 0 aliphatic rings. The van der Waals surface area contributed by atoms with E-state index in [0.717, 1.165) is 17.9 Å². The number of hydrogen-bond donors (Lipinski definition) is 0. The van der Waals surface area contributed by atoms with E-state index in [1.807, 2.05) is 30.3 Å². The topological polar surface area (TPSA) is 26.3 Å². The molecule has 16 heavy (non-hydrogen) atoms. The molecule has 0 unspecified atom stereocenters. The molecule has 1 aromatic rings. The third kappa shape index (κ3) is 4.07. The molecule has 0 saturated heterocycles. The lowest BCUT2D eigenvalue weighted by Crippen LogP contribution is -2.01. The Morgan fingerprint density at radius 2 is 2.25 bits per heavy atom. The first-order valence-electron chi connectivity index (χ1n) is 5.13. The van der Waals surface area contributed by atoms with Crippen LogP contribution in [0.5, 0.6) is 0 Å². The predicted octanol–water partition coefficient (Wildman–Crippen LogP) is 3.39. The number of benzene rings is 1. The van der Waals surface area contributed by atoms with Crippen LogP contribution in [-0.2, 0) is 16.0 Å². The molecular weight excluding hydrogens is 224 g/mol. The van der Waals surface area contributed by atoms with Gasteiger partial charge in [0.2, 0.25) is 0 Å². The Hall–Kier alpha value is -1.28. The lowest BCUT2D eigenvalue weighted by atomic mass is 10.1. The lowest BCUT2D eigenvalue weighted by Gasteiger charge is -2.00. The smallest absolute Gasteiger partial charge is 0.333 e. The average molecular weight is 239 g/mol. The maximum Gasteiger partial charge on any atom is 0.333 e. The SMILES string of the molecule is COC(=O)/C(C)=C\CCc1cccc(Cl)c1. The Kier molecular flexibility index (Phi) is 5.06. The number of carbonyl (C=O) groups is 1. The molecule has 1 rings (SSSR count). The van der Waals surface area contributed by atoms with Crippen molar-refractivity contribution in [2.75, 3.05) is 7.11 Å². The first kappa shape index (κ1) is 12.8. The number of halogens is 1. The first-order valence-corrected chi connectivity index (χ1v) is 5.51. The highest BCUT2D eigenvalue weighted by Crippen LogP contribution is 2.12. The molecule has 0 atom stereocenters. The van der Waals surface area contributed by atoms with Crippen molar-refractivity contribution in [2.24, 2.45) is 0 Å². The van der Waals surface area contributed by atoms with Gasteiger partial charge in [-0.25, -0.2) is 4.79 Å². The molecule has 0 aliphatic heterocycles. The highest BCUT2D eigenvalue weighted by molar-refractivity contribution is 6.30. The van der Waals surface area contributed by atoms with E-state index in [-0.39, 0.29) is 5.97 Å². The molecule has 0 heterocycles. The summed E-state index contributed by atoms with van der Waals surface area (Å²) in [7, 11) is 1.39. The summed E-state index contributed by atoms with van der Waals surface area (Å²) in [6.07, 6.45) is 3.56. The number of aryl methyl sites for hydroxylation is 1. The van der Waals surface area contributed by atoms with E-state index in [4.69, 9.17) is 11.6 Å². The van der Waals surface area contributed by atoms with Crippen molar-refractivity contribution >= 4 is 17.6 Å². The van der Waals surface area contributed by atoms with Gasteiger partial charge in [-0.3, -0.25) is 0 Å². The van der Waals surface area contributed by atoms with E-state index in [0.29, 0.717) is 5.57 Å². The summed E-state index contributed by atoms with van der Waals surface area (Å²) < 4.78 is 4.61. The molecule has 0 saturated carbocycles. The van der Waals surface area contributed by atoms with Crippen molar-refractivity contribution in [3.8, 4) is 0 Å².